The molecule has 0 aliphatic carbocycles. The molecular formula is C18H18N2O3. The summed E-state index contributed by atoms with van der Waals surface area (Å²) in [7, 11) is 3.13. The molecule has 0 fully saturated rings. The second-order valence-corrected chi connectivity index (χ2v) is 4.57. The van der Waals surface area contributed by atoms with Crippen LogP contribution in [-0.2, 0) is 0 Å². The highest BCUT2D eigenvalue weighted by Gasteiger charge is 2.14. The van der Waals surface area contributed by atoms with Gasteiger partial charge in [-0.25, -0.2) is 0 Å². The van der Waals surface area contributed by atoms with Gasteiger partial charge in [-0.1, -0.05) is 6.07 Å². The molecule has 0 bridgehead atoms. The zero-order chi connectivity index (χ0) is 16.7. The molecule has 0 aliphatic heterocycles. The zero-order valence-corrected chi connectivity index (χ0v) is 13.4. The highest BCUT2D eigenvalue weighted by Crippen LogP contribution is 2.39. The maximum Gasteiger partial charge on any atom is 0.203 e. The number of hydrogen-bond acceptors (Lipinski definition) is 5. The smallest absolute Gasteiger partial charge is 0.203 e. The Balaban J connectivity index is 2.51. The Labute approximate surface area is 135 Å². The molecule has 118 valence electrons. The third kappa shape index (κ3) is 3.80. The van der Waals surface area contributed by atoms with Gasteiger partial charge in [-0.2, -0.15) is 5.26 Å². The van der Waals surface area contributed by atoms with Gasteiger partial charge < -0.3 is 14.2 Å². The fourth-order valence-corrected chi connectivity index (χ4v) is 2.12. The quantitative estimate of drug-likeness (QED) is 0.763. The van der Waals surface area contributed by atoms with E-state index in [4.69, 9.17) is 14.2 Å². The van der Waals surface area contributed by atoms with Gasteiger partial charge in [-0.3, -0.25) is 4.98 Å². The second kappa shape index (κ2) is 7.85. The average Bonchev–Trinajstić information content (AvgIpc) is 2.61. The molecule has 0 N–H and O–H groups in total. The average molecular weight is 310 g/mol. The van der Waals surface area contributed by atoms with E-state index in [2.05, 4.69) is 11.1 Å². The standard InChI is InChI=1S/C18H18N2O3/c1-4-23-18-16(21-2)10-13(11-17(18)22-3)9-14(12-19)15-7-5-6-8-20-15/h5-11H,4H2,1-3H3. The van der Waals surface area contributed by atoms with Gasteiger partial charge in [-0.05, 0) is 42.8 Å². The molecule has 5 heteroatoms. The minimum Gasteiger partial charge on any atom is -0.493 e. The van der Waals surface area contributed by atoms with Crippen molar-refractivity contribution in [2.45, 2.75) is 6.92 Å². The predicted octanol–water partition coefficient (Wildman–Crippen LogP) is 3.56. The summed E-state index contributed by atoms with van der Waals surface area (Å²) in [5.74, 6) is 1.65. The van der Waals surface area contributed by atoms with Crippen molar-refractivity contribution in [3.63, 3.8) is 0 Å². The van der Waals surface area contributed by atoms with Crippen LogP contribution in [0, 0.1) is 11.3 Å². The van der Waals surface area contributed by atoms with E-state index >= 15 is 0 Å². The van der Waals surface area contributed by atoms with Crippen LogP contribution in [0.4, 0.5) is 0 Å². The van der Waals surface area contributed by atoms with Gasteiger partial charge in [0, 0.05) is 6.20 Å². The lowest BCUT2D eigenvalue weighted by atomic mass is 10.1. The summed E-state index contributed by atoms with van der Waals surface area (Å²) in [6, 6.07) is 11.2. The molecule has 0 radical (unpaired) electrons. The van der Waals surface area contributed by atoms with E-state index in [1.165, 1.54) is 0 Å². The SMILES string of the molecule is CCOc1c(OC)cc(C=C(C#N)c2ccccn2)cc1OC. The number of ether oxygens (including phenoxy) is 3. The molecule has 2 rings (SSSR count). The maximum absolute atomic E-state index is 9.39. The van der Waals surface area contributed by atoms with Crippen molar-refractivity contribution >= 4 is 11.6 Å². The molecule has 0 saturated carbocycles. The Hall–Kier alpha value is -3.00. The summed E-state index contributed by atoms with van der Waals surface area (Å²) in [6.45, 7) is 2.39. The molecule has 0 atom stereocenters. The molecule has 1 aromatic heterocycles. The first-order valence-electron chi connectivity index (χ1n) is 7.15. The highest BCUT2D eigenvalue weighted by atomic mass is 16.5. The fraction of sp³-hybridized carbons (Fsp3) is 0.222. The van der Waals surface area contributed by atoms with Crippen molar-refractivity contribution in [3.8, 4) is 23.3 Å². The van der Waals surface area contributed by atoms with Crippen LogP contribution in [0.2, 0.25) is 0 Å². The third-order valence-electron chi connectivity index (χ3n) is 3.14. The number of rotatable bonds is 6. The number of methoxy groups -OCH3 is 2. The Morgan fingerprint density at radius 3 is 2.39 bits per heavy atom. The number of nitriles is 1. The first-order valence-corrected chi connectivity index (χ1v) is 7.15. The van der Waals surface area contributed by atoms with Gasteiger partial charge >= 0.3 is 0 Å². The molecule has 0 spiro atoms. The Kier molecular flexibility index (Phi) is 5.59. The monoisotopic (exact) mass is 310 g/mol. The first-order chi connectivity index (χ1) is 11.2. The topological polar surface area (TPSA) is 64.4 Å². The normalized spacial score (nSPS) is 10.8. The van der Waals surface area contributed by atoms with E-state index in [1.807, 2.05) is 13.0 Å². The number of pyridine rings is 1. The lowest BCUT2D eigenvalue weighted by Gasteiger charge is -2.14. The van der Waals surface area contributed by atoms with E-state index < -0.39 is 0 Å². The second-order valence-electron chi connectivity index (χ2n) is 4.57. The Bertz CT molecular complexity index is 709. The first kappa shape index (κ1) is 16.4. The number of hydrogen-bond donors (Lipinski definition) is 0. The van der Waals surface area contributed by atoms with Crippen LogP contribution < -0.4 is 14.2 Å². The van der Waals surface area contributed by atoms with Crippen molar-refractivity contribution in [2.75, 3.05) is 20.8 Å². The van der Waals surface area contributed by atoms with Crippen molar-refractivity contribution in [2.24, 2.45) is 0 Å². The van der Waals surface area contributed by atoms with Gasteiger partial charge in [0.15, 0.2) is 11.5 Å². The molecule has 0 aliphatic rings. The van der Waals surface area contributed by atoms with E-state index in [0.717, 1.165) is 5.56 Å². The summed E-state index contributed by atoms with van der Waals surface area (Å²) in [5, 5.41) is 9.39. The van der Waals surface area contributed by atoms with Gasteiger partial charge in [0.2, 0.25) is 5.75 Å². The van der Waals surface area contributed by atoms with Crippen LogP contribution >= 0.6 is 0 Å². The summed E-state index contributed by atoms with van der Waals surface area (Å²) < 4.78 is 16.3. The van der Waals surface area contributed by atoms with Crippen LogP contribution in [0.3, 0.4) is 0 Å². The zero-order valence-electron chi connectivity index (χ0n) is 13.4. The summed E-state index contributed by atoms with van der Waals surface area (Å²) in [4.78, 5) is 4.20. The lowest BCUT2D eigenvalue weighted by Crippen LogP contribution is -1.99. The van der Waals surface area contributed by atoms with Gasteiger partial charge in [-0.15, -0.1) is 0 Å². The van der Waals surface area contributed by atoms with E-state index in [0.29, 0.717) is 35.1 Å². The van der Waals surface area contributed by atoms with Crippen LogP contribution in [0.5, 0.6) is 17.2 Å². The minimum atomic E-state index is 0.457. The molecule has 0 unspecified atom stereocenters. The van der Waals surface area contributed by atoms with Gasteiger partial charge in [0.1, 0.15) is 6.07 Å². The minimum absolute atomic E-state index is 0.457. The molecule has 1 heterocycles. The lowest BCUT2D eigenvalue weighted by molar-refractivity contribution is 0.288. The van der Waals surface area contributed by atoms with Crippen molar-refractivity contribution in [3.05, 3.63) is 47.8 Å². The third-order valence-corrected chi connectivity index (χ3v) is 3.14. The molecule has 2 aromatic rings. The largest absolute Gasteiger partial charge is 0.493 e. The van der Waals surface area contributed by atoms with Gasteiger partial charge in [0.05, 0.1) is 32.1 Å². The van der Waals surface area contributed by atoms with Crippen LogP contribution in [0.15, 0.2) is 36.5 Å². The van der Waals surface area contributed by atoms with Gasteiger partial charge in [0.25, 0.3) is 0 Å². The van der Waals surface area contributed by atoms with Crippen molar-refractivity contribution < 1.29 is 14.2 Å². The summed E-state index contributed by atoms with van der Waals surface area (Å²) >= 11 is 0. The van der Waals surface area contributed by atoms with Crippen LogP contribution in [0.25, 0.3) is 11.6 Å². The van der Waals surface area contributed by atoms with Crippen molar-refractivity contribution in [1.29, 1.82) is 5.26 Å². The summed E-state index contributed by atoms with van der Waals surface area (Å²) in [6.07, 6.45) is 3.39. The molecule has 23 heavy (non-hydrogen) atoms. The Morgan fingerprint density at radius 1 is 1.22 bits per heavy atom. The molecular weight excluding hydrogens is 292 g/mol. The number of benzene rings is 1. The maximum atomic E-state index is 9.39. The predicted molar refractivity (Wildman–Crippen MR) is 88.4 cm³/mol. The molecule has 5 nitrogen and oxygen atoms in total. The number of allylic oxidation sites excluding steroid dienone is 1. The highest BCUT2D eigenvalue weighted by molar-refractivity contribution is 5.88. The molecule has 0 amide bonds. The fourth-order valence-electron chi connectivity index (χ4n) is 2.12. The summed E-state index contributed by atoms with van der Waals surface area (Å²) in [5.41, 5.74) is 1.84. The van der Waals surface area contributed by atoms with E-state index in [9.17, 15) is 5.26 Å². The van der Waals surface area contributed by atoms with E-state index in [-0.39, 0.29) is 0 Å². The number of aromatic nitrogens is 1. The molecule has 1 aromatic carbocycles. The van der Waals surface area contributed by atoms with Crippen LogP contribution in [0.1, 0.15) is 18.2 Å². The van der Waals surface area contributed by atoms with Crippen LogP contribution in [-0.4, -0.2) is 25.8 Å². The molecule has 0 saturated heterocycles. The van der Waals surface area contributed by atoms with Crippen molar-refractivity contribution in [1.82, 2.24) is 4.98 Å². The van der Waals surface area contributed by atoms with E-state index in [1.54, 1.807) is 50.8 Å². The number of nitrogens with zero attached hydrogens (tertiary/aromatic N) is 2. The Morgan fingerprint density at radius 2 is 1.91 bits per heavy atom.